The maximum absolute atomic E-state index is 12.5. The number of amides is 2. The number of rotatable bonds is 3. The molecule has 1 saturated heterocycles. The summed E-state index contributed by atoms with van der Waals surface area (Å²) in [6.45, 7) is 2.38. The fourth-order valence-electron chi connectivity index (χ4n) is 2.82. The molecule has 1 aromatic carbocycles. The summed E-state index contributed by atoms with van der Waals surface area (Å²) in [6, 6.07) is 9.73. The molecule has 0 aliphatic carbocycles. The Bertz CT molecular complexity index is 691. The average molecular weight is 324 g/mol. The van der Waals surface area contributed by atoms with Crippen molar-refractivity contribution < 1.29 is 9.59 Å². The molecule has 6 nitrogen and oxygen atoms in total. The van der Waals surface area contributed by atoms with Gasteiger partial charge in [0.15, 0.2) is 0 Å². The molecule has 1 aromatic heterocycles. The lowest BCUT2D eigenvalue weighted by molar-refractivity contribution is -0.130. The minimum absolute atomic E-state index is 0.106. The van der Waals surface area contributed by atoms with Crippen LogP contribution in [-0.4, -0.2) is 57.8 Å². The Labute approximate surface area is 141 Å². The van der Waals surface area contributed by atoms with Crippen molar-refractivity contribution in [1.29, 1.82) is 0 Å². The lowest BCUT2D eigenvalue weighted by Crippen LogP contribution is -2.38. The second kappa shape index (κ2) is 7.68. The van der Waals surface area contributed by atoms with Crippen molar-refractivity contribution in [3.8, 4) is 0 Å². The summed E-state index contributed by atoms with van der Waals surface area (Å²) in [6.07, 6.45) is 5.71. The van der Waals surface area contributed by atoms with Gasteiger partial charge < -0.3 is 9.80 Å². The van der Waals surface area contributed by atoms with Crippen LogP contribution in [0.3, 0.4) is 0 Å². The highest BCUT2D eigenvalue weighted by Crippen LogP contribution is 2.09. The van der Waals surface area contributed by atoms with Gasteiger partial charge in [-0.15, -0.1) is 0 Å². The molecule has 6 heteroatoms. The van der Waals surface area contributed by atoms with Crippen molar-refractivity contribution in [2.75, 3.05) is 26.2 Å². The molecule has 1 aliphatic rings. The largest absolute Gasteiger partial charge is 0.341 e. The van der Waals surface area contributed by atoms with E-state index in [0.29, 0.717) is 38.3 Å². The number of carbonyl (C=O) groups is 2. The summed E-state index contributed by atoms with van der Waals surface area (Å²) < 4.78 is 0. The zero-order valence-electron chi connectivity index (χ0n) is 13.5. The molecule has 1 fully saturated rings. The number of benzene rings is 1. The third kappa shape index (κ3) is 3.95. The number of nitrogens with zero attached hydrogens (tertiary/aromatic N) is 4. The van der Waals surface area contributed by atoms with Crippen LogP contribution in [0, 0.1) is 0 Å². The van der Waals surface area contributed by atoms with E-state index in [9.17, 15) is 9.59 Å². The molecule has 0 unspecified atom stereocenters. The van der Waals surface area contributed by atoms with Gasteiger partial charge in [-0.25, -0.2) is 4.98 Å². The van der Waals surface area contributed by atoms with Gasteiger partial charge in [-0.1, -0.05) is 30.3 Å². The first-order valence-corrected chi connectivity index (χ1v) is 8.11. The summed E-state index contributed by atoms with van der Waals surface area (Å²) in [7, 11) is 0. The molecule has 2 amide bonds. The Morgan fingerprint density at radius 3 is 2.46 bits per heavy atom. The van der Waals surface area contributed by atoms with Crippen molar-refractivity contribution in [1.82, 2.24) is 19.8 Å². The van der Waals surface area contributed by atoms with Crippen molar-refractivity contribution in [3.63, 3.8) is 0 Å². The molecule has 3 rings (SSSR count). The second-order valence-corrected chi connectivity index (χ2v) is 5.78. The Kier molecular flexibility index (Phi) is 5.15. The monoisotopic (exact) mass is 324 g/mol. The molecular formula is C18H20N4O2. The molecule has 0 radical (unpaired) electrons. The highest BCUT2D eigenvalue weighted by molar-refractivity contribution is 5.92. The zero-order chi connectivity index (χ0) is 16.8. The first kappa shape index (κ1) is 16.1. The molecule has 2 heterocycles. The normalized spacial score (nSPS) is 15.0. The minimum atomic E-state index is -0.125. The molecule has 124 valence electrons. The highest BCUT2D eigenvalue weighted by Gasteiger charge is 2.23. The van der Waals surface area contributed by atoms with Gasteiger partial charge in [0.05, 0.1) is 12.6 Å². The van der Waals surface area contributed by atoms with Crippen LogP contribution in [-0.2, 0) is 11.2 Å². The fourth-order valence-corrected chi connectivity index (χ4v) is 2.82. The van der Waals surface area contributed by atoms with Crippen molar-refractivity contribution in [2.24, 2.45) is 0 Å². The minimum Gasteiger partial charge on any atom is -0.341 e. The molecule has 1 aliphatic heterocycles. The Morgan fingerprint density at radius 1 is 0.958 bits per heavy atom. The van der Waals surface area contributed by atoms with E-state index in [-0.39, 0.29) is 11.8 Å². The highest BCUT2D eigenvalue weighted by atomic mass is 16.2. The van der Waals surface area contributed by atoms with Crippen LogP contribution >= 0.6 is 0 Å². The van der Waals surface area contributed by atoms with Crippen molar-refractivity contribution in [3.05, 3.63) is 60.2 Å². The summed E-state index contributed by atoms with van der Waals surface area (Å²) in [5, 5.41) is 0. The smallest absolute Gasteiger partial charge is 0.274 e. The van der Waals surface area contributed by atoms with Gasteiger partial charge >= 0.3 is 0 Å². The Hall–Kier alpha value is -2.76. The average Bonchev–Trinajstić information content (AvgIpc) is 2.89. The van der Waals surface area contributed by atoms with Crippen LogP contribution in [0.1, 0.15) is 22.5 Å². The standard InChI is InChI=1S/C18H20N4O2/c23-17(13-15-5-2-1-3-6-15)21-9-4-10-22(12-11-21)18(24)16-14-19-7-8-20-16/h1-3,5-8,14H,4,9-13H2. The number of hydrogen-bond donors (Lipinski definition) is 0. The van der Waals surface area contributed by atoms with E-state index >= 15 is 0 Å². The van der Waals surface area contributed by atoms with Crippen LogP contribution in [0.5, 0.6) is 0 Å². The van der Waals surface area contributed by atoms with Crippen LogP contribution in [0.15, 0.2) is 48.9 Å². The maximum Gasteiger partial charge on any atom is 0.274 e. The number of carbonyl (C=O) groups excluding carboxylic acids is 2. The van der Waals surface area contributed by atoms with Gasteiger partial charge in [-0.3, -0.25) is 14.6 Å². The van der Waals surface area contributed by atoms with Gasteiger partial charge in [0.2, 0.25) is 5.91 Å². The molecule has 0 atom stereocenters. The van der Waals surface area contributed by atoms with Crippen LogP contribution in [0.2, 0.25) is 0 Å². The number of aromatic nitrogens is 2. The molecule has 0 spiro atoms. The third-order valence-corrected chi connectivity index (χ3v) is 4.12. The lowest BCUT2D eigenvalue weighted by atomic mass is 10.1. The van der Waals surface area contributed by atoms with E-state index in [4.69, 9.17) is 0 Å². The van der Waals surface area contributed by atoms with Crippen LogP contribution in [0.25, 0.3) is 0 Å². The first-order valence-electron chi connectivity index (χ1n) is 8.11. The van der Waals surface area contributed by atoms with Crippen molar-refractivity contribution in [2.45, 2.75) is 12.8 Å². The van der Waals surface area contributed by atoms with Gasteiger partial charge in [0.25, 0.3) is 5.91 Å². The van der Waals surface area contributed by atoms with E-state index in [1.54, 1.807) is 11.1 Å². The van der Waals surface area contributed by atoms with Gasteiger partial charge in [0.1, 0.15) is 5.69 Å². The Morgan fingerprint density at radius 2 is 1.71 bits per heavy atom. The summed E-state index contributed by atoms with van der Waals surface area (Å²) in [5.74, 6) is -0.0181. The van der Waals surface area contributed by atoms with E-state index in [1.165, 1.54) is 12.4 Å². The SMILES string of the molecule is O=C(Cc1ccccc1)N1CCCN(C(=O)c2cnccn2)CC1. The quantitative estimate of drug-likeness (QED) is 0.856. The molecular weight excluding hydrogens is 304 g/mol. The Balaban J connectivity index is 1.59. The molecule has 2 aromatic rings. The van der Waals surface area contributed by atoms with Crippen LogP contribution in [0.4, 0.5) is 0 Å². The summed E-state index contributed by atoms with van der Waals surface area (Å²) in [5.41, 5.74) is 1.36. The van der Waals surface area contributed by atoms with Gasteiger partial charge in [-0.2, -0.15) is 0 Å². The number of hydrogen-bond acceptors (Lipinski definition) is 4. The first-order chi connectivity index (χ1) is 11.7. The third-order valence-electron chi connectivity index (χ3n) is 4.12. The maximum atomic E-state index is 12.5. The topological polar surface area (TPSA) is 66.4 Å². The summed E-state index contributed by atoms with van der Waals surface area (Å²) in [4.78, 5) is 36.5. The van der Waals surface area contributed by atoms with Crippen molar-refractivity contribution >= 4 is 11.8 Å². The zero-order valence-corrected chi connectivity index (χ0v) is 13.5. The predicted octanol–water partition coefficient (Wildman–Crippen LogP) is 1.39. The molecule has 0 bridgehead atoms. The summed E-state index contributed by atoms with van der Waals surface area (Å²) >= 11 is 0. The van der Waals surface area contributed by atoms with Gasteiger partial charge in [0, 0.05) is 38.6 Å². The predicted molar refractivity (Wildman–Crippen MR) is 89.3 cm³/mol. The van der Waals surface area contributed by atoms with E-state index in [2.05, 4.69) is 9.97 Å². The lowest BCUT2D eigenvalue weighted by Gasteiger charge is -2.22. The molecule has 0 saturated carbocycles. The van der Waals surface area contributed by atoms with Crippen LogP contribution < -0.4 is 0 Å². The second-order valence-electron chi connectivity index (χ2n) is 5.78. The molecule has 24 heavy (non-hydrogen) atoms. The fraction of sp³-hybridized carbons (Fsp3) is 0.333. The molecule has 0 N–H and O–H groups in total. The van der Waals surface area contributed by atoms with E-state index < -0.39 is 0 Å². The van der Waals surface area contributed by atoms with Gasteiger partial charge in [-0.05, 0) is 12.0 Å². The van der Waals surface area contributed by atoms with E-state index in [0.717, 1.165) is 12.0 Å². The van der Waals surface area contributed by atoms with E-state index in [1.807, 2.05) is 35.2 Å².